The fraction of sp³-hybridized carbons (Fsp3) is 0.960. The van der Waals surface area contributed by atoms with Crippen molar-refractivity contribution in [2.24, 2.45) is 23.2 Å². The van der Waals surface area contributed by atoms with Crippen LogP contribution in [0.15, 0.2) is 0 Å². The van der Waals surface area contributed by atoms with E-state index in [2.05, 4.69) is 56.2 Å². The number of hydrogen-bond acceptors (Lipinski definition) is 3. The first-order chi connectivity index (χ1) is 13.5. The van der Waals surface area contributed by atoms with Crippen molar-refractivity contribution in [3.8, 4) is 0 Å². The lowest BCUT2D eigenvalue weighted by atomic mass is 9.75. The molecule has 0 radical (unpaired) electrons. The maximum atomic E-state index is 12.9. The fourth-order valence-corrected chi connectivity index (χ4v) is 5.91. The van der Waals surface area contributed by atoms with Crippen LogP contribution >= 0.6 is 0 Å². The number of piperidine rings is 3. The van der Waals surface area contributed by atoms with Crippen LogP contribution in [0.25, 0.3) is 0 Å². The van der Waals surface area contributed by atoms with Gasteiger partial charge in [0, 0.05) is 18.6 Å². The van der Waals surface area contributed by atoms with Crippen LogP contribution in [-0.2, 0) is 4.79 Å². The third-order valence-electron chi connectivity index (χ3n) is 8.22. The Bertz CT molecular complexity index is 523. The Kier molecular flexibility index (Phi) is 7.36. The maximum absolute atomic E-state index is 12.9. The summed E-state index contributed by atoms with van der Waals surface area (Å²) in [5, 5.41) is 0. The van der Waals surface area contributed by atoms with Crippen molar-refractivity contribution in [2.45, 2.75) is 85.6 Å². The zero-order valence-electron chi connectivity index (χ0n) is 20.2. The molecule has 3 aliphatic rings. The molecular weight excluding hydrogens is 358 g/mol. The van der Waals surface area contributed by atoms with Gasteiger partial charge in [0.25, 0.3) is 0 Å². The molecule has 0 bridgehead atoms. The van der Waals surface area contributed by atoms with Gasteiger partial charge in [-0.1, -0.05) is 20.8 Å². The summed E-state index contributed by atoms with van der Waals surface area (Å²) in [5.41, 5.74) is 0.711. The summed E-state index contributed by atoms with van der Waals surface area (Å²) in [6.45, 7) is 21.4. The van der Waals surface area contributed by atoms with E-state index in [9.17, 15) is 4.79 Å². The molecule has 3 saturated heterocycles. The lowest BCUT2D eigenvalue weighted by molar-refractivity contribution is -0.134. The van der Waals surface area contributed by atoms with E-state index in [4.69, 9.17) is 0 Å². The number of likely N-dealkylation sites (tertiary alicyclic amines) is 3. The second-order valence-corrected chi connectivity index (χ2v) is 12.1. The van der Waals surface area contributed by atoms with Crippen LogP contribution in [0.1, 0.15) is 80.1 Å². The normalized spacial score (nSPS) is 25.5. The molecule has 168 valence electrons. The summed E-state index contributed by atoms with van der Waals surface area (Å²) < 4.78 is 0. The summed E-state index contributed by atoms with van der Waals surface area (Å²) in [6.07, 6.45) is 7.62. The average Bonchev–Trinajstić information content (AvgIpc) is 2.67. The van der Waals surface area contributed by atoms with Crippen LogP contribution < -0.4 is 0 Å². The first-order valence-corrected chi connectivity index (χ1v) is 12.3. The Balaban J connectivity index is 1.37. The largest absolute Gasteiger partial charge is 0.342 e. The van der Waals surface area contributed by atoms with Crippen LogP contribution in [0.3, 0.4) is 0 Å². The Morgan fingerprint density at radius 2 is 1.21 bits per heavy atom. The minimum absolute atomic E-state index is 0.308. The van der Waals surface area contributed by atoms with Crippen molar-refractivity contribution >= 4 is 5.91 Å². The van der Waals surface area contributed by atoms with E-state index in [1.165, 1.54) is 51.6 Å². The van der Waals surface area contributed by atoms with Gasteiger partial charge in [-0.3, -0.25) is 14.6 Å². The molecule has 3 heterocycles. The molecule has 3 fully saturated rings. The molecule has 29 heavy (non-hydrogen) atoms. The quantitative estimate of drug-likeness (QED) is 0.692. The Hall–Kier alpha value is -0.610. The summed E-state index contributed by atoms with van der Waals surface area (Å²) in [5.74, 6) is 2.89. The number of nitrogens with zero attached hydrogens (tertiary/aromatic N) is 3. The van der Waals surface area contributed by atoms with Gasteiger partial charge in [-0.25, -0.2) is 0 Å². The van der Waals surface area contributed by atoms with Gasteiger partial charge >= 0.3 is 0 Å². The van der Waals surface area contributed by atoms with E-state index < -0.39 is 0 Å². The molecular formula is C25H47N3O. The van der Waals surface area contributed by atoms with Gasteiger partial charge in [0.05, 0.1) is 6.54 Å². The summed E-state index contributed by atoms with van der Waals surface area (Å²) >= 11 is 0. The number of amides is 1. The van der Waals surface area contributed by atoms with Crippen LogP contribution in [-0.4, -0.2) is 72.0 Å². The molecule has 0 unspecified atom stereocenters. The zero-order valence-corrected chi connectivity index (χ0v) is 20.2. The zero-order chi connectivity index (χ0) is 21.2. The molecule has 1 amide bonds. The standard InChI is InChI=1S/C25H47N3O/c1-24(2,3)22-11-13-26(14-12-22)19-23(29)27-15-7-20(8-16-27)21-9-17-28(18-10-21)25(4,5)6/h20-22H,7-19H2,1-6H3. The van der Waals surface area contributed by atoms with Gasteiger partial charge in [0.1, 0.15) is 0 Å². The average molecular weight is 406 g/mol. The maximum Gasteiger partial charge on any atom is 0.236 e. The van der Waals surface area contributed by atoms with Gasteiger partial charge in [0.15, 0.2) is 0 Å². The van der Waals surface area contributed by atoms with E-state index in [-0.39, 0.29) is 0 Å². The number of rotatable bonds is 3. The molecule has 0 saturated carbocycles. The molecule has 0 aromatic carbocycles. The SMILES string of the molecule is CC(C)(C)C1CCN(CC(=O)N2CCC(C3CCN(C(C)(C)C)CC3)CC2)CC1. The van der Waals surface area contributed by atoms with E-state index >= 15 is 0 Å². The highest BCUT2D eigenvalue weighted by Gasteiger charge is 2.34. The highest BCUT2D eigenvalue weighted by Crippen LogP contribution is 2.35. The van der Waals surface area contributed by atoms with Crippen molar-refractivity contribution in [3.63, 3.8) is 0 Å². The van der Waals surface area contributed by atoms with Gasteiger partial charge in [-0.05, 0) is 109 Å². The number of carbonyl (C=O) groups is 1. The number of carbonyl (C=O) groups excluding carboxylic acids is 1. The predicted octanol–water partition coefficient (Wildman–Crippen LogP) is 4.49. The van der Waals surface area contributed by atoms with Crippen molar-refractivity contribution < 1.29 is 4.79 Å². The van der Waals surface area contributed by atoms with E-state index in [0.29, 0.717) is 23.4 Å². The van der Waals surface area contributed by atoms with E-state index in [0.717, 1.165) is 43.9 Å². The molecule has 0 aromatic heterocycles. The molecule has 4 heteroatoms. The van der Waals surface area contributed by atoms with Crippen molar-refractivity contribution in [2.75, 3.05) is 45.8 Å². The smallest absolute Gasteiger partial charge is 0.236 e. The highest BCUT2D eigenvalue weighted by molar-refractivity contribution is 5.78. The van der Waals surface area contributed by atoms with Crippen LogP contribution in [0.5, 0.6) is 0 Å². The minimum atomic E-state index is 0.308. The van der Waals surface area contributed by atoms with Gasteiger partial charge in [-0.15, -0.1) is 0 Å². The molecule has 0 aliphatic carbocycles. The molecule has 0 N–H and O–H groups in total. The van der Waals surface area contributed by atoms with Crippen LogP contribution in [0, 0.1) is 23.2 Å². The number of hydrogen-bond donors (Lipinski definition) is 0. The van der Waals surface area contributed by atoms with Gasteiger partial charge < -0.3 is 4.90 Å². The molecule has 0 atom stereocenters. The van der Waals surface area contributed by atoms with Crippen molar-refractivity contribution in [1.82, 2.24) is 14.7 Å². The van der Waals surface area contributed by atoms with Crippen LogP contribution in [0.4, 0.5) is 0 Å². The summed E-state index contributed by atoms with van der Waals surface area (Å²) in [6, 6.07) is 0. The van der Waals surface area contributed by atoms with E-state index in [1.54, 1.807) is 0 Å². The Morgan fingerprint density at radius 1 is 0.724 bits per heavy atom. The second kappa shape index (κ2) is 9.26. The first-order valence-electron chi connectivity index (χ1n) is 12.3. The fourth-order valence-electron chi connectivity index (χ4n) is 5.91. The first kappa shape index (κ1) is 23.1. The molecule has 3 rings (SSSR count). The lowest BCUT2D eigenvalue weighted by Gasteiger charge is -2.44. The predicted molar refractivity (Wildman–Crippen MR) is 122 cm³/mol. The summed E-state index contributed by atoms with van der Waals surface area (Å²) in [4.78, 5) is 20.1. The Labute approximate surface area is 180 Å². The summed E-state index contributed by atoms with van der Waals surface area (Å²) in [7, 11) is 0. The monoisotopic (exact) mass is 405 g/mol. The second-order valence-electron chi connectivity index (χ2n) is 12.1. The van der Waals surface area contributed by atoms with Gasteiger partial charge in [0.2, 0.25) is 5.91 Å². The topological polar surface area (TPSA) is 26.8 Å². The Morgan fingerprint density at radius 3 is 1.66 bits per heavy atom. The lowest BCUT2D eigenvalue weighted by Crippen LogP contribution is -2.49. The van der Waals surface area contributed by atoms with Crippen molar-refractivity contribution in [3.05, 3.63) is 0 Å². The van der Waals surface area contributed by atoms with E-state index in [1.807, 2.05) is 0 Å². The molecule has 3 aliphatic heterocycles. The van der Waals surface area contributed by atoms with Crippen molar-refractivity contribution in [1.29, 1.82) is 0 Å². The van der Waals surface area contributed by atoms with Gasteiger partial charge in [-0.2, -0.15) is 0 Å². The highest BCUT2D eigenvalue weighted by atomic mass is 16.2. The van der Waals surface area contributed by atoms with Crippen LogP contribution in [0.2, 0.25) is 0 Å². The molecule has 0 aromatic rings. The third kappa shape index (κ3) is 6.19. The third-order valence-corrected chi connectivity index (χ3v) is 8.22. The minimum Gasteiger partial charge on any atom is -0.342 e. The molecule has 4 nitrogen and oxygen atoms in total. The molecule has 0 spiro atoms.